The number of rotatable bonds is 1. The molecule has 3 heterocycles. The highest BCUT2D eigenvalue weighted by atomic mass is 16.2. The maximum atomic E-state index is 12.9. The Kier molecular flexibility index (Phi) is 2.48. The summed E-state index contributed by atoms with van der Waals surface area (Å²) in [6.07, 6.45) is 10.7. The molecule has 0 radical (unpaired) electrons. The Morgan fingerprint density at radius 3 is 2.50 bits per heavy atom. The summed E-state index contributed by atoms with van der Waals surface area (Å²) >= 11 is 0. The van der Waals surface area contributed by atoms with Crippen molar-refractivity contribution >= 4 is 11.4 Å². The first kappa shape index (κ1) is 12.4. The zero-order chi connectivity index (χ0) is 14.7. The van der Waals surface area contributed by atoms with E-state index in [1.807, 2.05) is 17.0 Å². The summed E-state index contributed by atoms with van der Waals surface area (Å²) in [5.41, 5.74) is 1.47. The highest BCUT2D eigenvalue weighted by Crippen LogP contribution is 2.48. The lowest BCUT2D eigenvalue weighted by Gasteiger charge is -2.40. The first-order valence-electron chi connectivity index (χ1n) is 8.08. The number of hydrogen-bond acceptors (Lipinski definition) is 3. The summed E-state index contributed by atoms with van der Waals surface area (Å²) in [7, 11) is 0. The van der Waals surface area contributed by atoms with Crippen molar-refractivity contribution in [2.75, 3.05) is 13.1 Å². The molecule has 0 N–H and O–H groups in total. The number of likely N-dealkylation sites (tertiary alicyclic amines) is 1. The van der Waals surface area contributed by atoms with Gasteiger partial charge in [-0.15, -0.1) is 0 Å². The maximum absolute atomic E-state index is 12.9. The molecule has 1 saturated carbocycles. The minimum Gasteiger partial charge on any atom is -0.338 e. The van der Waals surface area contributed by atoms with Crippen molar-refractivity contribution in [3.63, 3.8) is 0 Å². The van der Waals surface area contributed by atoms with Crippen LogP contribution in [0.5, 0.6) is 0 Å². The molecule has 5 heteroatoms. The van der Waals surface area contributed by atoms with Crippen LogP contribution in [0.25, 0.3) is 5.52 Å². The summed E-state index contributed by atoms with van der Waals surface area (Å²) in [6.45, 7) is 1.79. The molecule has 3 aliphatic carbocycles. The van der Waals surface area contributed by atoms with Gasteiger partial charge in [0.05, 0.1) is 11.8 Å². The van der Waals surface area contributed by atoms with Crippen LogP contribution in [0.4, 0.5) is 0 Å². The van der Waals surface area contributed by atoms with Gasteiger partial charge < -0.3 is 4.90 Å². The highest BCUT2D eigenvalue weighted by Gasteiger charge is 2.47. The summed E-state index contributed by atoms with van der Waals surface area (Å²) in [5, 5.41) is 8.33. The molecule has 0 spiro atoms. The number of fused-ring (bicyclic) bond motifs is 2. The molecule has 1 amide bonds. The highest BCUT2D eigenvalue weighted by molar-refractivity contribution is 6.00. The monoisotopic (exact) mass is 294 g/mol. The van der Waals surface area contributed by atoms with Crippen LogP contribution in [0, 0.1) is 23.7 Å². The van der Waals surface area contributed by atoms with E-state index < -0.39 is 0 Å². The SMILES string of the molecule is O=C(c1cnn2ncccc12)N1CC2C3C=CC(CC3)C2C1. The fraction of sp³-hybridized carbons (Fsp3) is 0.471. The Labute approximate surface area is 128 Å². The molecule has 4 unspecified atom stereocenters. The molecule has 2 fully saturated rings. The minimum atomic E-state index is 0.108. The van der Waals surface area contributed by atoms with Crippen LogP contribution in [0.1, 0.15) is 23.2 Å². The molecular formula is C17H18N4O. The Bertz CT molecular complexity index is 758. The lowest BCUT2D eigenvalue weighted by Crippen LogP contribution is -2.35. The molecule has 22 heavy (non-hydrogen) atoms. The molecule has 112 valence electrons. The van der Waals surface area contributed by atoms with Crippen molar-refractivity contribution in [2.24, 2.45) is 23.7 Å². The molecular weight excluding hydrogens is 276 g/mol. The molecule has 5 nitrogen and oxygen atoms in total. The number of amides is 1. The van der Waals surface area contributed by atoms with Crippen LogP contribution < -0.4 is 0 Å². The Hall–Kier alpha value is -2.17. The van der Waals surface area contributed by atoms with Gasteiger partial charge in [-0.2, -0.15) is 14.8 Å². The third-order valence-electron chi connectivity index (χ3n) is 5.77. The molecule has 0 aromatic carbocycles. The van der Waals surface area contributed by atoms with Gasteiger partial charge in [0.2, 0.25) is 0 Å². The summed E-state index contributed by atoms with van der Waals surface area (Å²) in [6, 6.07) is 3.75. The zero-order valence-corrected chi connectivity index (χ0v) is 12.3. The summed E-state index contributed by atoms with van der Waals surface area (Å²) < 4.78 is 1.53. The first-order chi connectivity index (χ1) is 10.8. The summed E-state index contributed by atoms with van der Waals surface area (Å²) in [4.78, 5) is 15.0. The fourth-order valence-electron chi connectivity index (χ4n) is 4.67. The first-order valence-corrected chi connectivity index (χ1v) is 8.08. The van der Waals surface area contributed by atoms with Gasteiger partial charge in [-0.1, -0.05) is 12.2 Å². The van der Waals surface area contributed by atoms with Crippen molar-refractivity contribution in [3.05, 3.63) is 42.2 Å². The van der Waals surface area contributed by atoms with Gasteiger partial charge in [-0.05, 0) is 48.6 Å². The second-order valence-corrected chi connectivity index (χ2v) is 6.78. The zero-order valence-electron chi connectivity index (χ0n) is 12.3. The van der Waals surface area contributed by atoms with Gasteiger partial charge in [-0.3, -0.25) is 4.79 Å². The Morgan fingerprint density at radius 2 is 1.82 bits per heavy atom. The van der Waals surface area contributed by atoms with E-state index in [9.17, 15) is 4.79 Å². The summed E-state index contributed by atoms with van der Waals surface area (Å²) in [5.74, 6) is 2.79. The van der Waals surface area contributed by atoms with Gasteiger partial charge in [0, 0.05) is 19.3 Å². The van der Waals surface area contributed by atoms with Crippen LogP contribution >= 0.6 is 0 Å². The van der Waals surface area contributed by atoms with E-state index in [2.05, 4.69) is 22.3 Å². The second kappa shape index (κ2) is 4.41. The average molecular weight is 294 g/mol. The van der Waals surface area contributed by atoms with E-state index in [1.165, 1.54) is 17.5 Å². The number of aromatic nitrogens is 3. The third kappa shape index (κ3) is 1.62. The van der Waals surface area contributed by atoms with Gasteiger partial charge in [0.15, 0.2) is 0 Å². The van der Waals surface area contributed by atoms with Gasteiger partial charge >= 0.3 is 0 Å². The molecule has 1 aliphatic heterocycles. The molecule has 4 aliphatic rings. The van der Waals surface area contributed by atoms with Gasteiger partial charge in [0.1, 0.15) is 5.52 Å². The van der Waals surface area contributed by atoms with E-state index in [1.54, 1.807) is 12.4 Å². The largest absolute Gasteiger partial charge is 0.338 e. The predicted molar refractivity (Wildman–Crippen MR) is 81.2 cm³/mol. The van der Waals surface area contributed by atoms with Crippen molar-refractivity contribution < 1.29 is 4.79 Å². The van der Waals surface area contributed by atoms with Crippen molar-refractivity contribution in [2.45, 2.75) is 12.8 Å². The van der Waals surface area contributed by atoms with E-state index in [0.29, 0.717) is 29.2 Å². The Balaban J connectivity index is 1.45. The normalized spacial score (nSPS) is 32.6. The lowest BCUT2D eigenvalue weighted by atomic mass is 9.64. The van der Waals surface area contributed by atoms with Crippen LogP contribution in [-0.2, 0) is 0 Å². The number of nitrogens with zero attached hydrogens (tertiary/aromatic N) is 4. The lowest BCUT2D eigenvalue weighted by molar-refractivity contribution is 0.0784. The van der Waals surface area contributed by atoms with Crippen LogP contribution in [0.3, 0.4) is 0 Å². The van der Waals surface area contributed by atoms with E-state index in [4.69, 9.17) is 0 Å². The minimum absolute atomic E-state index is 0.108. The quantitative estimate of drug-likeness (QED) is 0.756. The van der Waals surface area contributed by atoms with E-state index >= 15 is 0 Å². The van der Waals surface area contributed by atoms with Gasteiger partial charge in [-0.25, -0.2) is 0 Å². The van der Waals surface area contributed by atoms with E-state index in [-0.39, 0.29) is 5.91 Å². The van der Waals surface area contributed by atoms with Crippen LogP contribution in [-0.4, -0.2) is 38.7 Å². The number of hydrogen-bond donors (Lipinski definition) is 0. The predicted octanol–water partition coefficient (Wildman–Crippen LogP) is 2.01. The molecule has 1 saturated heterocycles. The molecule has 2 aromatic rings. The van der Waals surface area contributed by atoms with Crippen LogP contribution in [0.15, 0.2) is 36.7 Å². The van der Waals surface area contributed by atoms with Crippen molar-refractivity contribution in [3.8, 4) is 0 Å². The fourth-order valence-corrected chi connectivity index (χ4v) is 4.67. The maximum Gasteiger partial charge on any atom is 0.257 e. The second-order valence-electron chi connectivity index (χ2n) is 6.78. The van der Waals surface area contributed by atoms with Crippen molar-refractivity contribution in [1.29, 1.82) is 0 Å². The third-order valence-corrected chi connectivity index (χ3v) is 5.77. The van der Waals surface area contributed by atoms with E-state index in [0.717, 1.165) is 18.6 Å². The smallest absolute Gasteiger partial charge is 0.257 e. The van der Waals surface area contributed by atoms with Crippen molar-refractivity contribution in [1.82, 2.24) is 19.7 Å². The standard InChI is InChI=1S/C17H18N4O/c22-17(13-8-19-21-16(13)2-1-7-18-21)20-9-14-11-3-4-12(6-5-11)15(14)10-20/h1-4,7-8,11-12,14-15H,5-6,9-10H2. The molecule has 2 aromatic heterocycles. The Morgan fingerprint density at radius 1 is 1.09 bits per heavy atom. The van der Waals surface area contributed by atoms with Gasteiger partial charge in [0.25, 0.3) is 5.91 Å². The average Bonchev–Trinajstić information content (AvgIpc) is 3.21. The molecule has 6 rings (SSSR count). The molecule has 4 atom stereocenters. The molecule has 2 bridgehead atoms. The number of allylic oxidation sites excluding steroid dienone is 2. The van der Waals surface area contributed by atoms with Crippen LogP contribution in [0.2, 0.25) is 0 Å². The number of carbonyl (C=O) groups excluding carboxylic acids is 1. The number of carbonyl (C=O) groups is 1. The topological polar surface area (TPSA) is 50.5 Å².